The molecule has 0 spiro atoms. The molecule has 0 aliphatic heterocycles. The summed E-state index contributed by atoms with van der Waals surface area (Å²) < 4.78 is 55.0. The highest BCUT2D eigenvalue weighted by atomic mass is 16.6. The first-order valence-electron chi connectivity index (χ1n) is 29.9. The van der Waals surface area contributed by atoms with Crippen LogP contribution in [0.3, 0.4) is 0 Å². The molecule has 12 heteroatoms. The van der Waals surface area contributed by atoms with Crippen LogP contribution in [-0.4, -0.2) is 64.2 Å². The Morgan fingerprint density at radius 1 is 0.380 bits per heavy atom. The molecule has 0 N–H and O–H groups in total. The smallest absolute Gasteiger partial charge is 0.336 e. The van der Waals surface area contributed by atoms with E-state index in [-0.39, 0.29) is 25.1 Å². The number of rotatable bonds is 43. The van der Waals surface area contributed by atoms with E-state index >= 15 is 0 Å². The van der Waals surface area contributed by atoms with Crippen LogP contribution in [-0.2, 0) is 19.1 Å². The lowest BCUT2D eigenvalue weighted by Crippen LogP contribution is -2.18. The molecule has 0 saturated carbocycles. The number of unbranched alkanes of at least 4 members (excludes halogenated alkanes) is 15. The highest BCUT2D eigenvalue weighted by Crippen LogP contribution is 2.43. The van der Waals surface area contributed by atoms with Crippen molar-refractivity contribution in [3.63, 3.8) is 0 Å². The first kappa shape index (κ1) is 65.1. The summed E-state index contributed by atoms with van der Waals surface area (Å²) in [6.45, 7) is 17.5. The highest BCUT2D eigenvalue weighted by Gasteiger charge is 2.20. The molecule has 0 fully saturated rings. The number of hydrogen-bond acceptors (Lipinski definition) is 12. The molecular weight excluding hydrogens is 997 g/mol. The Morgan fingerprint density at radius 2 is 0.722 bits per heavy atom. The quantitative estimate of drug-likeness (QED) is 0.0181. The van der Waals surface area contributed by atoms with Gasteiger partial charge in [-0.15, -0.1) is 0 Å². The van der Waals surface area contributed by atoms with E-state index in [0.29, 0.717) is 96.6 Å². The van der Waals surface area contributed by atoms with Crippen molar-refractivity contribution in [2.75, 3.05) is 46.2 Å². The number of benzene rings is 4. The largest absolute Gasteiger partial charge is 0.490 e. The first-order chi connectivity index (χ1) is 38.6. The molecule has 0 saturated heterocycles. The van der Waals surface area contributed by atoms with Crippen molar-refractivity contribution in [3.05, 3.63) is 96.1 Å². The number of carbonyl (C=O) groups is 3. The molecule has 4 rings (SSSR count). The van der Waals surface area contributed by atoms with E-state index < -0.39 is 11.9 Å². The minimum absolute atomic E-state index is 0.101. The Kier molecular flexibility index (Phi) is 32.8. The lowest BCUT2D eigenvalue weighted by molar-refractivity contribution is -0.148. The van der Waals surface area contributed by atoms with Gasteiger partial charge in [0.1, 0.15) is 24.7 Å². The van der Waals surface area contributed by atoms with E-state index in [4.69, 9.17) is 42.6 Å². The van der Waals surface area contributed by atoms with Gasteiger partial charge in [-0.2, -0.15) is 0 Å². The standard InChI is InChI=1S/C67H94O12/c1-8-14-19-24-45-71-59-41-33-55(63(73-46-25-20-15-9-2)65(59)75-48-27-22-17-11-4)35-43-61(68)78-57-37-29-53(30-38-57)54-31-39-58(40-32-54)79-62(69)44-36-56-34-42-60(72-50-51-77-67(70)52(7)13-6)66(76-49-28-23-18-12-5)64(56)74-47-26-21-16-10-3/h29-44,52H,8-28,45-51H2,1-7H3. The van der Waals surface area contributed by atoms with Crippen molar-refractivity contribution in [1.29, 1.82) is 0 Å². The summed E-state index contributed by atoms with van der Waals surface area (Å²) in [4.78, 5) is 38.9. The maximum atomic E-state index is 13.3. The molecule has 0 heterocycles. The van der Waals surface area contributed by atoms with E-state index in [0.717, 1.165) is 133 Å². The second-order valence-electron chi connectivity index (χ2n) is 20.1. The molecule has 1 unspecified atom stereocenters. The van der Waals surface area contributed by atoms with Crippen molar-refractivity contribution >= 4 is 30.1 Å². The summed E-state index contributed by atoms with van der Waals surface area (Å²) in [5, 5.41) is 0. The number of esters is 3. The summed E-state index contributed by atoms with van der Waals surface area (Å²) in [6, 6.07) is 21.9. The molecule has 0 aliphatic carbocycles. The molecule has 12 nitrogen and oxygen atoms in total. The number of ether oxygens (including phenoxy) is 9. The Labute approximate surface area is 473 Å². The van der Waals surface area contributed by atoms with Gasteiger partial charge in [-0.05, 0) is 110 Å². The molecule has 4 aromatic carbocycles. The van der Waals surface area contributed by atoms with Crippen LogP contribution in [0.4, 0.5) is 0 Å². The van der Waals surface area contributed by atoms with Gasteiger partial charge in [0, 0.05) is 23.3 Å². The summed E-state index contributed by atoms with van der Waals surface area (Å²) in [5.41, 5.74) is 3.11. The van der Waals surface area contributed by atoms with Crippen molar-refractivity contribution in [3.8, 4) is 57.1 Å². The van der Waals surface area contributed by atoms with Crippen LogP contribution in [0.1, 0.15) is 194 Å². The van der Waals surface area contributed by atoms with Crippen LogP contribution < -0.4 is 37.9 Å². The van der Waals surface area contributed by atoms with E-state index in [1.807, 2.05) is 56.3 Å². The fraction of sp³-hybridized carbons (Fsp3) is 0.537. The van der Waals surface area contributed by atoms with Gasteiger partial charge in [-0.1, -0.05) is 169 Å². The average molecular weight is 1090 g/mol. The first-order valence-corrected chi connectivity index (χ1v) is 29.9. The second-order valence-corrected chi connectivity index (χ2v) is 20.1. The third-order valence-electron chi connectivity index (χ3n) is 13.3. The average Bonchev–Trinajstić information content (AvgIpc) is 3.46. The highest BCUT2D eigenvalue weighted by molar-refractivity contribution is 5.90. The number of hydrogen-bond donors (Lipinski definition) is 0. The van der Waals surface area contributed by atoms with E-state index in [2.05, 4.69) is 34.6 Å². The second kappa shape index (κ2) is 39.9. The maximum Gasteiger partial charge on any atom is 0.336 e. The van der Waals surface area contributed by atoms with E-state index in [1.54, 1.807) is 42.5 Å². The molecular formula is C67H94O12. The van der Waals surface area contributed by atoms with Gasteiger partial charge in [0.05, 0.1) is 39.0 Å². The van der Waals surface area contributed by atoms with Crippen LogP contribution >= 0.6 is 0 Å². The van der Waals surface area contributed by atoms with Crippen LogP contribution in [0, 0.1) is 5.92 Å². The minimum atomic E-state index is -0.565. The van der Waals surface area contributed by atoms with Crippen LogP contribution in [0.25, 0.3) is 23.3 Å². The van der Waals surface area contributed by atoms with Gasteiger partial charge in [-0.25, -0.2) is 9.59 Å². The molecule has 0 amide bonds. The summed E-state index contributed by atoms with van der Waals surface area (Å²) in [5.74, 6) is 2.44. The van der Waals surface area contributed by atoms with Crippen LogP contribution in [0.15, 0.2) is 84.9 Å². The predicted molar refractivity (Wildman–Crippen MR) is 318 cm³/mol. The van der Waals surface area contributed by atoms with Crippen molar-refractivity contribution < 1.29 is 57.0 Å². The van der Waals surface area contributed by atoms with Gasteiger partial charge in [0.2, 0.25) is 11.5 Å². The zero-order valence-corrected chi connectivity index (χ0v) is 49.0. The van der Waals surface area contributed by atoms with Crippen LogP contribution in [0.5, 0.6) is 46.0 Å². The number of carbonyl (C=O) groups excluding carboxylic acids is 3. The molecule has 0 aliphatic rings. The van der Waals surface area contributed by atoms with Crippen molar-refractivity contribution in [2.24, 2.45) is 5.92 Å². The topological polar surface area (TPSA) is 134 Å². The van der Waals surface area contributed by atoms with Gasteiger partial charge in [0.15, 0.2) is 23.0 Å². The summed E-state index contributed by atoms with van der Waals surface area (Å²) >= 11 is 0. The Balaban J connectivity index is 1.45. The van der Waals surface area contributed by atoms with Crippen molar-refractivity contribution in [1.82, 2.24) is 0 Å². The minimum Gasteiger partial charge on any atom is -0.490 e. The lowest BCUT2D eigenvalue weighted by atomic mass is 10.1. The van der Waals surface area contributed by atoms with Gasteiger partial charge in [0.25, 0.3) is 0 Å². The normalized spacial score (nSPS) is 11.6. The summed E-state index contributed by atoms with van der Waals surface area (Å²) in [6.07, 6.45) is 28.0. The molecule has 434 valence electrons. The zero-order valence-electron chi connectivity index (χ0n) is 49.0. The van der Waals surface area contributed by atoms with Gasteiger partial charge < -0.3 is 42.6 Å². The molecule has 1 atom stereocenters. The SMILES string of the molecule is CCCCCCOc1ccc(C=CC(=O)Oc2ccc(-c3ccc(OC(=O)C=Cc4ccc(OCCOC(=O)C(C)CC)c(OCCCCCC)c4OCCCCCC)cc3)cc2)c(OCCCCCC)c1OCCCCCC. The molecule has 0 aromatic heterocycles. The Bertz CT molecular complexity index is 2390. The molecule has 0 bridgehead atoms. The maximum absolute atomic E-state index is 13.3. The molecule has 4 aromatic rings. The third kappa shape index (κ3) is 25.1. The monoisotopic (exact) mass is 1090 g/mol. The van der Waals surface area contributed by atoms with E-state index in [1.165, 1.54) is 18.6 Å². The van der Waals surface area contributed by atoms with Crippen LogP contribution in [0.2, 0.25) is 0 Å². The Morgan fingerprint density at radius 3 is 1.08 bits per heavy atom. The zero-order chi connectivity index (χ0) is 56.7. The summed E-state index contributed by atoms with van der Waals surface area (Å²) in [7, 11) is 0. The van der Waals surface area contributed by atoms with Crippen molar-refractivity contribution in [2.45, 2.75) is 183 Å². The molecule has 0 radical (unpaired) electrons. The van der Waals surface area contributed by atoms with Gasteiger partial charge >= 0.3 is 17.9 Å². The molecule has 79 heavy (non-hydrogen) atoms. The van der Waals surface area contributed by atoms with Gasteiger partial charge in [-0.3, -0.25) is 4.79 Å². The Hall–Kier alpha value is -6.43. The lowest BCUT2D eigenvalue weighted by Gasteiger charge is -2.19. The predicted octanol–water partition coefficient (Wildman–Crippen LogP) is 17.4. The fourth-order valence-corrected chi connectivity index (χ4v) is 8.35. The third-order valence-corrected chi connectivity index (χ3v) is 13.3. The van der Waals surface area contributed by atoms with E-state index in [9.17, 15) is 14.4 Å². The fourth-order valence-electron chi connectivity index (χ4n) is 8.35.